The molecule has 0 atom stereocenters. The number of nitrogens with zero attached hydrogens (tertiary/aromatic N) is 3. The molecule has 0 spiro atoms. The molecule has 0 N–H and O–H groups in total. The van der Waals surface area contributed by atoms with E-state index in [9.17, 15) is 22.0 Å². The highest BCUT2D eigenvalue weighted by Crippen LogP contribution is 2.24. The van der Waals surface area contributed by atoms with Crippen molar-refractivity contribution >= 4 is 15.9 Å². The third-order valence-corrected chi connectivity index (χ3v) is 6.23. The number of rotatable bonds is 3. The molecule has 1 aliphatic rings. The molecule has 0 saturated carbocycles. The summed E-state index contributed by atoms with van der Waals surface area (Å²) < 4.78 is 53.8. The van der Waals surface area contributed by atoms with E-state index in [1.54, 1.807) is 18.2 Å². The highest BCUT2D eigenvalue weighted by molar-refractivity contribution is 7.89. The number of halogens is 2. The Kier molecular flexibility index (Phi) is 5.21. The predicted octanol–water partition coefficient (Wildman–Crippen LogP) is 1.98. The van der Waals surface area contributed by atoms with Crippen LogP contribution in [0.15, 0.2) is 47.4 Å². The summed E-state index contributed by atoms with van der Waals surface area (Å²) in [6.07, 6.45) is 0. The molecule has 0 unspecified atom stereocenters. The van der Waals surface area contributed by atoms with Gasteiger partial charge in [0.25, 0.3) is 5.91 Å². The van der Waals surface area contributed by atoms with Gasteiger partial charge in [-0.05, 0) is 30.3 Å². The number of sulfonamides is 1. The van der Waals surface area contributed by atoms with Crippen LogP contribution in [0.3, 0.4) is 0 Å². The lowest BCUT2D eigenvalue weighted by atomic mass is 10.1. The van der Waals surface area contributed by atoms with Crippen LogP contribution < -0.4 is 0 Å². The number of carbonyl (C=O) groups excluding carboxylic acids is 1. The summed E-state index contributed by atoms with van der Waals surface area (Å²) in [7, 11) is -4.35. The van der Waals surface area contributed by atoms with Crippen LogP contribution in [0.5, 0.6) is 0 Å². The number of hydrogen-bond acceptors (Lipinski definition) is 4. The zero-order valence-electron chi connectivity index (χ0n) is 14.1. The minimum Gasteiger partial charge on any atom is -0.336 e. The Bertz CT molecular complexity index is 1010. The molecule has 3 rings (SSSR count). The second-order valence-corrected chi connectivity index (χ2v) is 7.81. The van der Waals surface area contributed by atoms with Gasteiger partial charge in [-0.25, -0.2) is 17.2 Å². The van der Waals surface area contributed by atoms with Crippen LogP contribution in [0.1, 0.15) is 15.9 Å². The van der Waals surface area contributed by atoms with E-state index in [-0.39, 0.29) is 32.1 Å². The molecule has 0 bridgehead atoms. The van der Waals surface area contributed by atoms with Crippen molar-refractivity contribution in [1.29, 1.82) is 5.26 Å². The van der Waals surface area contributed by atoms with E-state index in [1.165, 1.54) is 11.0 Å². The molecule has 6 nitrogen and oxygen atoms in total. The van der Waals surface area contributed by atoms with Crippen LogP contribution in [0.4, 0.5) is 8.78 Å². The smallest absolute Gasteiger partial charge is 0.253 e. The zero-order valence-corrected chi connectivity index (χ0v) is 14.9. The van der Waals surface area contributed by atoms with Crippen molar-refractivity contribution in [1.82, 2.24) is 9.21 Å². The molecule has 1 heterocycles. The Hall–Kier alpha value is -2.83. The van der Waals surface area contributed by atoms with Gasteiger partial charge in [0, 0.05) is 31.7 Å². The Morgan fingerprint density at radius 3 is 2.19 bits per heavy atom. The van der Waals surface area contributed by atoms with Crippen LogP contribution in [-0.2, 0) is 10.0 Å². The van der Waals surface area contributed by atoms with Gasteiger partial charge in [-0.1, -0.05) is 12.1 Å². The summed E-state index contributed by atoms with van der Waals surface area (Å²) in [5.74, 6) is -2.63. The van der Waals surface area contributed by atoms with Crippen LogP contribution in [0.2, 0.25) is 0 Å². The molecule has 27 heavy (non-hydrogen) atoms. The maximum absolute atomic E-state index is 13.9. The van der Waals surface area contributed by atoms with Gasteiger partial charge in [-0.3, -0.25) is 4.79 Å². The lowest BCUT2D eigenvalue weighted by Gasteiger charge is -2.34. The van der Waals surface area contributed by atoms with E-state index in [0.717, 1.165) is 22.5 Å². The van der Waals surface area contributed by atoms with Crippen molar-refractivity contribution in [3.8, 4) is 6.07 Å². The lowest BCUT2D eigenvalue weighted by Crippen LogP contribution is -2.50. The van der Waals surface area contributed by atoms with Gasteiger partial charge in [0.15, 0.2) is 4.90 Å². The van der Waals surface area contributed by atoms with Gasteiger partial charge >= 0.3 is 0 Å². The molecule has 1 amide bonds. The Morgan fingerprint density at radius 1 is 1.00 bits per heavy atom. The average molecular weight is 391 g/mol. The summed E-state index contributed by atoms with van der Waals surface area (Å²) in [5.41, 5.74) is 0.669. The number of amides is 1. The quantitative estimate of drug-likeness (QED) is 0.801. The Balaban J connectivity index is 1.75. The number of carbonyl (C=O) groups is 1. The second-order valence-electron chi connectivity index (χ2n) is 5.94. The van der Waals surface area contributed by atoms with Crippen molar-refractivity contribution in [2.24, 2.45) is 0 Å². The summed E-state index contributed by atoms with van der Waals surface area (Å²) >= 11 is 0. The van der Waals surface area contributed by atoms with Gasteiger partial charge in [-0.2, -0.15) is 9.57 Å². The topological polar surface area (TPSA) is 81.5 Å². The fourth-order valence-corrected chi connectivity index (χ4v) is 4.43. The minimum absolute atomic E-state index is 0.0743. The number of benzene rings is 2. The Morgan fingerprint density at radius 2 is 1.59 bits per heavy atom. The minimum atomic E-state index is -4.35. The predicted molar refractivity (Wildman–Crippen MR) is 92.2 cm³/mol. The van der Waals surface area contributed by atoms with Crippen molar-refractivity contribution in [3.63, 3.8) is 0 Å². The molecule has 0 aliphatic carbocycles. The molecule has 2 aromatic rings. The molecule has 2 aromatic carbocycles. The first-order chi connectivity index (χ1) is 12.8. The molecular formula is C18H15F2N3O3S. The zero-order chi connectivity index (χ0) is 19.6. The van der Waals surface area contributed by atoms with E-state index < -0.39 is 26.6 Å². The lowest BCUT2D eigenvalue weighted by molar-refractivity contribution is 0.0697. The van der Waals surface area contributed by atoms with Crippen LogP contribution in [0, 0.1) is 23.0 Å². The SMILES string of the molecule is N#Cc1cccc(C(=O)N2CCN(S(=O)(=O)c3c(F)cccc3F)CC2)c1. The van der Waals surface area contributed by atoms with Crippen LogP contribution in [0.25, 0.3) is 0 Å². The van der Waals surface area contributed by atoms with Gasteiger partial charge in [0.05, 0.1) is 11.6 Å². The Labute approximate surface area is 155 Å². The van der Waals surface area contributed by atoms with Crippen molar-refractivity contribution < 1.29 is 22.0 Å². The number of piperazine rings is 1. The number of nitriles is 1. The molecule has 1 fully saturated rings. The maximum Gasteiger partial charge on any atom is 0.253 e. The van der Waals surface area contributed by atoms with E-state index in [4.69, 9.17) is 5.26 Å². The maximum atomic E-state index is 13.9. The fraction of sp³-hybridized carbons (Fsp3) is 0.222. The molecule has 9 heteroatoms. The normalized spacial score (nSPS) is 15.4. The highest BCUT2D eigenvalue weighted by Gasteiger charge is 2.34. The highest BCUT2D eigenvalue weighted by atomic mass is 32.2. The average Bonchev–Trinajstić information content (AvgIpc) is 2.67. The van der Waals surface area contributed by atoms with Crippen molar-refractivity contribution in [3.05, 3.63) is 65.2 Å². The standard InChI is InChI=1S/C18H15F2N3O3S/c19-15-5-2-6-16(20)17(15)27(25,26)23-9-7-22(8-10-23)18(24)14-4-1-3-13(11-14)12-21/h1-6,11H,7-10H2. The van der Waals surface area contributed by atoms with Crippen LogP contribution >= 0.6 is 0 Å². The molecule has 1 aliphatic heterocycles. The second kappa shape index (κ2) is 7.42. The van der Waals surface area contributed by atoms with E-state index in [1.807, 2.05) is 6.07 Å². The van der Waals surface area contributed by atoms with E-state index in [0.29, 0.717) is 11.1 Å². The fourth-order valence-electron chi connectivity index (χ4n) is 2.89. The molecule has 140 valence electrons. The summed E-state index contributed by atoms with van der Waals surface area (Å²) in [5, 5.41) is 8.92. The van der Waals surface area contributed by atoms with Gasteiger partial charge in [-0.15, -0.1) is 0 Å². The van der Waals surface area contributed by atoms with Crippen molar-refractivity contribution in [2.45, 2.75) is 4.90 Å². The third kappa shape index (κ3) is 3.67. The molecule has 1 saturated heterocycles. The monoisotopic (exact) mass is 391 g/mol. The van der Waals surface area contributed by atoms with Crippen molar-refractivity contribution in [2.75, 3.05) is 26.2 Å². The van der Waals surface area contributed by atoms with Gasteiger partial charge < -0.3 is 4.90 Å². The van der Waals surface area contributed by atoms with Gasteiger partial charge in [0.1, 0.15) is 11.6 Å². The first-order valence-electron chi connectivity index (χ1n) is 8.08. The molecule has 0 radical (unpaired) electrons. The number of hydrogen-bond donors (Lipinski definition) is 0. The third-order valence-electron chi connectivity index (χ3n) is 4.28. The van der Waals surface area contributed by atoms with E-state index in [2.05, 4.69) is 0 Å². The first-order valence-corrected chi connectivity index (χ1v) is 9.52. The molecule has 0 aromatic heterocycles. The first kappa shape index (κ1) is 18.9. The van der Waals surface area contributed by atoms with E-state index >= 15 is 0 Å². The summed E-state index contributed by atoms with van der Waals surface area (Å²) in [4.78, 5) is 13.0. The van der Waals surface area contributed by atoms with Gasteiger partial charge in [0.2, 0.25) is 10.0 Å². The largest absolute Gasteiger partial charge is 0.336 e. The molecular weight excluding hydrogens is 376 g/mol. The summed E-state index contributed by atoms with van der Waals surface area (Å²) in [6.45, 7) is -0.0184. The van der Waals surface area contributed by atoms with Crippen LogP contribution in [-0.4, -0.2) is 49.7 Å². The summed E-state index contributed by atoms with van der Waals surface area (Å²) in [6, 6.07) is 11.0.